The van der Waals surface area contributed by atoms with Crippen LogP contribution in [0.25, 0.3) is 0 Å². The van der Waals surface area contributed by atoms with E-state index in [1.165, 1.54) is 17.4 Å². The van der Waals surface area contributed by atoms with Crippen molar-refractivity contribution in [2.24, 2.45) is 5.14 Å². The van der Waals surface area contributed by atoms with Gasteiger partial charge in [-0.05, 0) is 48.9 Å². The number of carbonyl (C=O) groups is 2. The number of hydrogen-bond acceptors (Lipinski definition) is 5. The zero-order chi connectivity index (χ0) is 19.6. The van der Waals surface area contributed by atoms with Crippen LogP contribution in [0.15, 0.2) is 40.6 Å². The highest BCUT2D eigenvalue weighted by atomic mass is 32.2. The number of nitrogens with two attached hydrogens (primary N) is 1. The smallest absolute Gasteiger partial charge is 0.247 e. The second-order valence-electron chi connectivity index (χ2n) is 6.52. The highest BCUT2D eigenvalue weighted by Gasteiger charge is 2.34. The minimum Gasteiger partial charge on any atom is -0.330 e. The molecule has 2 heterocycles. The number of primary sulfonamides is 1. The minimum atomic E-state index is -3.88. The zero-order valence-electron chi connectivity index (χ0n) is 14.8. The molecule has 0 saturated carbocycles. The van der Waals surface area contributed by atoms with Gasteiger partial charge in [0.2, 0.25) is 21.8 Å². The van der Waals surface area contributed by atoms with Crippen molar-refractivity contribution >= 4 is 38.9 Å². The van der Waals surface area contributed by atoms with Crippen molar-refractivity contribution in [3.8, 4) is 0 Å². The molecule has 1 aromatic carbocycles. The first kappa shape index (κ1) is 19.5. The third kappa shape index (κ3) is 4.55. The lowest BCUT2D eigenvalue weighted by molar-refractivity contribution is -0.136. The summed E-state index contributed by atoms with van der Waals surface area (Å²) in [6, 6.07) is 7.78. The molecule has 3 N–H and O–H groups in total. The number of sulfonamides is 1. The van der Waals surface area contributed by atoms with E-state index in [-0.39, 0.29) is 23.1 Å². The first-order chi connectivity index (χ1) is 12.8. The number of benzene rings is 1. The molecule has 1 unspecified atom stereocenters. The van der Waals surface area contributed by atoms with Gasteiger partial charge in [-0.2, -0.15) is 0 Å². The summed E-state index contributed by atoms with van der Waals surface area (Å²) < 4.78 is 23.3. The molecule has 9 heteroatoms. The summed E-state index contributed by atoms with van der Waals surface area (Å²) in [5.74, 6) is -0.402. The van der Waals surface area contributed by atoms with E-state index in [4.69, 9.17) is 5.14 Å². The monoisotopic (exact) mass is 407 g/mol. The van der Waals surface area contributed by atoms with Crippen LogP contribution in [0.5, 0.6) is 0 Å². The van der Waals surface area contributed by atoms with Crippen LogP contribution in [0.1, 0.15) is 23.3 Å². The predicted molar refractivity (Wildman–Crippen MR) is 104 cm³/mol. The highest BCUT2D eigenvalue weighted by Crippen LogP contribution is 2.23. The number of likely N-dealkylation sites (tertiary alicyclic amines) is 1. The molecule has 1 fully saturated rings. The maximum atomic E-state index is 12.7. The number of nitrogens with zero attached hydrogens (tertiary/aromatic N) is 1. The summed E-state index contributed by atoms with van der Waals surface area (Å²) in [5.41, 5.74) is 0.844. The maximum Gasteiger partial charge on any atom is 0.247 e. The molecular weight excluding hydrogens is 386 g/mol. The Balaban J connectivity index is 1.72. The molecule has 1 aromatic heterocycles. The van der Waals surface area contributed by atoms with E-state index in [1.807, 2.05) is 17.5 Å². The molecule has 2 amide bonds. The normalized spacial score (nSPS) is 17.1. The molecular formula is C18H21N3O4S2. The molecule has 1 aliphatic heterocycles. The quantitative estimate of drug-likeness (QED) is 0.788. The zero-order valence-corrected chi connectivity index (χ0v) is 16.5. The summed E-state index contributed by atoms with van der Waals surface area (Å²) in [6.07, 6.45) is 1.61. The lowest BCUT2D eigenvalue weighted by atomic mass is 10.1. The van der Waals surface area contributed by atoms with Crippen LogP contribution in [0.2, 0.25) is 0 Å². The number of aryl methyl sites for hydroxylation is 1. The van der Waals surface area contributed by atoms with Crippen molar-refractivity contribution in [3.05, 3.63) is 46.2 Å². The largest absolute Gasteiger partial charge is 0.330 e. The number of rotatable bonds is 5. The molecule has 144 valence electrons. The number of carbonyl (C=O) groups excluding carboxylic acids is 2. The Bertz CT molecular complexity index is 955. The van der Waals surface area contributed by atoms with E-state index in [2.05, 4.69) is 5.32 Å². The van der Waals surface area contributed by atoms with Crippen LogP contribution < -0.4 is 10.5 Å². The van der Waals surface area contributed by atoms with E-state index in [0.29, 0.717) is 24.2 Å². The Kier molecular flexibility index (Phi) is 5.64. The fraction of sp³-hybridized carbons (Fsp3) is 0.333. The van der Waals surface area contributed by atoms with Gasteiger partial charge in [0.15, 0.2) is 0 Å². The number of hydrogen-bond donors (Lipinski definition) is 2. The van der Waals surface area contributed by atoms with Crippen molar-refractivity contribution in [1.29, 1.82) is 0 Å². The van der Waals surface area contributed by atoms with Crippen LogP contribution >= 0.6 is 11.3 Å². The molecule has 1 aliphatic rings. The van der Waals surface area contributed by atoms with Gasteiger partial charge >= 0.3 is 0 Å². The van der Waals surface area contributed by atoms with Gasteiger partial charge < -0.3 is 10.2 Å². The molecule has 1 saturated heterocycles. The number of thiophene rings is 1. The number of anilines is 1. The Morgan fingerprint density at radius 2 is 2.11 bits per heavy atom. The van der Waals surface area contributed by atoms with E-state index in [9.17, 15) is 18.0 Å². The van der Waals surface area contributed by atoms with Crippen molar-refractivity contribution in [2.45, 2.75) is 37.1 Å². The number of nitrogens with one attached hydrogen (secondary N) is 1. The average Bonchev–Trinajstić information content (AvgIpc) is 3.26. The minimum absolute atomic E-state index is 0.0302. The van der Waals surface area contributed by atoms with Crippen molar-refractivity contribution in [1.82, 2.24) is 4.90 Å². The second kappa shape index (κ2) is 7.79. The van der Waals surface area contributed by atoms with Crippen LogP contribution in [0.4, 0.5) is 5.69 Å². The van der Waals surface area contributed by atoms with E-state index < -0.39 is 16.1 Å². The van der Waals surface area contributed by atoms with Gasteiger partial charge in [-0.25, -0.2) is 13.6 Å². The van der Waals surface area contributed by atoms with Crippen molar-refractivity contribution < 1.29 is 18.0 Å². The van der Waals surface area contributed by atoms with Crippen LogP contribution in [-0.2, 0) is 26.0 Å². The average molecular weight is 408 g/mol. The molecule has 0 spiro atoms. The van der Waals surface area contributed by atoms with Crippen LogP contribution in [-0.4, -0.2) is 37.7 Å². The van der Waals surface area contributed by atoms with E-state index in [1.54, 1.807) is 24.0 Å². The molecule has 0 radical (unpaired) electrons. The summed E-state index contributed by atoms with van der Waals surface area (Å²) in [4.78, 5) is 27.8. The predicted octanol–water partition coefficient (Wildman–Crippen LogP) is 1.88. The van der Waals surface area contributed by atoms with Gasteiger partial charge in [0, 0.05) is 17.1 Å². The van der Waals surface area contributed by atoms with Gasteiger partial charge in [0.1, 0.15) is 6.04 Å². The summed E-state index contributed by atoms with van der Waals surface area (Å²) >= 11 is 1.51. The molecule has 1 atom stereocenters. The first-order valence-electron chi connectivity index (χ1n) is 8.52. The summed E-state index contributed by atoms with van der Waals surface area (Å²) in [5, 5.41) is 9.84. The third-order valence-corrected chi connectivity index (χ3v) is 6.47. The Morgan fingerprint density at radius 3 is 2.78 bits per heavy atom. The van der Waals surface area contributed by atoms with E-state index in [0.717, 1.165) is 11.3 Å². The Hall–Kier alpha value is -2.23. The lowest BCUT2D eigenvalue weighted by Crippen LogP contribution is -2.43. The number of amides is 2. The van der Waals surface area contributed by atoms with Crippen molar-refractivity contribution in [3.63, 3.8) is 0 Å². The highest BCUT2D eigenvalue weighted by molar-refractivity contribution is 7.89. The lowest BCUT2D eigenvalue weighted by Gasteiger charge is -2.24. The SMILES string of the molecule is Cc1ccc(NC(=O)C2CCCN2C(=O)Cc2cccs2)cc1S(N)(=O)=O. The van der Waals surface area contributed by atoms with Gasteiger partial charge in [-0.15, -0.1) is 11.3 Å². The van der Waals surface area contributed by atoms with Crippen LogP contribution in [0, 0.1) is 6.92 Å². The molecule has 27 heavy (non-hydrogen) atoms. The van der Waals surface area contributed by atoms with Gasteiger partial charge in [0.25, 0.3) is 0 Å². The molecule has 0 aliphatic carbocycles. The Labute approximate surface area is 162 Å². The van der Waals surface area contributed by atoms with Crippen LogP contribution in [0.3, 0.4) is 0 Å². The fourth-order valence-electron chi connectivity index (χ4n) is 3.21. The van der Waals surface area contributed by atoms with E-state index >= 15 is 0 Å². The second-order valence-corrected chi connectivity index (χ2v) is 9.08. The molecule has 7 nitrogen and oxygen atoms in total. The molecule has 2 aromatic rings. The standard InChI is InChI=1S/C18H21N3O4S2/c1-12-6-7-13(10-16(12)27(19,24)25)20-18(23)15-5-2-8-21(15)17(22)11-14-4-3-9-26-14/h3-4,6-7,9-10,15H,2,5,8,11H2,1H3,(H,20,23)(H2,19,24,25). The Morgan fingerprint density at radius 1 is 1.33 bits per heavy atom. The van der Waals surface area contributed by atoms with Gasteiger partial charge in [-0.1, -0.05) is 12.1 Å². The summed E-state index contributed by atoms with van der Waals surface area (Å²) in [7, 11) is -3.88. The first-order valence-corrected chi connectivity index (χ1v) is 10.9. The van der Waals surface area contributed by atoms with Gasteiger partial charge in [0.05, 0.1) is 11.3 Å². The third-order valence-electron chi connectivity index (χ3n) is 4.54. The van der Waals surface area contributed by atoms with Gasteiger partial charge in [-0.3, -0.25) is 9.59 Å². The summed E-state index contributed by atoms with van der Waals surface area (Å²) in [6.45, 7) is 2.17. The molecule has 3 rings (SSSR count). The molecule has 0 bridgehead atoms. The topological polar surface area (TPSA) is 110 Å². The van der Waals surface area contributed by atoms with Crippen molar-refractivity contribution in [2.75, 3.05) is 11.9 Å². The fourth-order valence-corrected chi connectivity index (χ4v) is 4.72. The maximum absolute atomic E-state index is 12.7.